The van der Waals surface area contributed by atoms with Crippen LogP contribution in [0.3, 0.4) is 0 Å². The Balaban J connectivity index is 1.39. The molecule has 0 unspecified atom stereocenters. The Hall–Kier alpha value is -4.19. The fourth-order valence-corrected chi connectivity index (χ4v) is 3.30. The lowest BCUT2D eigenvalue weighted by molar-refractivity contribution is -0.137. The first kappa shape index (κ1) is 25.4. The van der Waals surface area contributed by atoms with Gasteiger partial charge in [-0.2, -0.15) is 0 Å². The van der Waals surface area contributed by atoms with Gasteiger partial charge in [-0.3, -0.25) is 0 Å². The van der Waals surface area contributed by atoms with E-state index >= 15 is 0 Å². The van der Waals surface area contributed by atoms with E-state index in [1.54, 1.807) is 36.4 Å². The number of hydrogen-bond acceptors (Lipinski definition) is 6. The summed E-state index contributed by atoms with van der Waals surface area (Å²) in [5.41, 5.74) is 2.58. The first-order chi connectivity index (χ1) is 17.1. The van der Waals surface area contributed by atoms with Crippen molar-refractivity contribution in [1.82, 2.24) is 0 Å². The summed E-state index contributed by atoms with van der Waals surface area (Å²) >= 11 is 0. The molecule has 3 aromatic carbocycles. The molecule has 6 heteroatoms. The van der Waals surface area contributed by atoms with Gasteiger partial charge in [0.25, 0.3) is 0 Å². The van der Waals surface area contributed by atoms with Crippen molar-refractivity contribution >= 4 is 17.9 Å². The van der Waals surface area contributed by atoms with Crippen LogP contribution in [0.4, 0.5) is 0 Å². The highest BCUT2D eigenvalue weighted by Crippen LogP contribution is 2.20. The minimum absolute atomic E-state index is 0.265. The molecule has 0 heterocycles. The van der Waals surface area contributed by atoms with Crippen molar-refractivity contribution in [2.45, 2.75) is 25.7 Å². The van der Waals surface area contributed by atoms with Crippen LogP contribution in [-0.4, -0.2) is 31.1 Å². The van der Waals surface area contributed by atoms with Crippen molar-refractivity contribution in [2.24, 2.45) is 0 Å². The average molecular weight is 473 g/mol. The van der Waals surface area contributed by atoms with E-state index in [0.717, 1.165) is 42.9 Å². The van der Waals surface area contributed by atoms with E-state index in [1.165, 1.54) is 0 Å². The lowest BCUT2D eigenvalue weighted by Gasteiger charge is -2.08. The standard InChI is InChI=1S/C29H28O6/c1-2-27(30)34-21-9-4-3-8-20-33-26-18-16-25(17-19-26)29(32)35-28(31)24-14-12-23(13-15-24)22-10-6-5-7-11-22/h2,5-7,10-19H,1,3-4,8-9,20-21H2. The van der Waals surface area contributed by atoms with Crippen LogP contribution in [-0.2, 0) is 14.3 Å². The molecule has 0 aliphatic rings. The molecular weight excluding hydrogens is 444 g/mol. The first-order valence-corrected chi connectivity index (χ1v) is 11.5. The second-order valence-electron chi connectivity index (χ2n) is 7.78. The second-order valence-corrected chi connectivity index (χ2v) is 7.78. The summed E-state index contributed by atoms with van der Waals surface area (Å²) in [6, 6.07) is 23.2. The maximum absolute atomic E-state index is 12.4. The van der Waals surface area contributed by atoms with E-state index in [0.29, 0.717) is 24.5 Å². The highest BCUT2D eigenvalue weighted by Gasteiger charge is 2.15. The molecule has 0 saturated carbocycles. The first-order valence-electron chi connectivity index (χ1n) is 11.5. The number of ether oxygens (including phenoxy) is 3. The van der Waals surface area contributed by atoms with Gasteiger partial charge >= 0.3 is 17.9 Å². The Morgan fingerprint density at radius 3 is 1.80 bits per heavy atom. The second kappa shape index (κ2) is 13.5. The van der Waals surface area contributed by atoms with Gasteiger partial charge in [-0.25, -0.2) is 14.4 Å². The van der Waals surface area contributed by atoms with Crippen LogP contribution in [0.1, 0.15) is 46.4 Å². The lowest BCUT2D eigenvalue weighted by atomic mass is 10.0. The molecule has 0 fully saturated rings. The largest absolute Gasteiger partial charge is 0.494 e. The topological polar surface area (TPSA) is 78.9 Å². The molecule has 0 radical (unpaired) electrons. The van der Waals surface area contributed by atoms with Gasteiger partial charge in [0.15, 0.2) is 0 Å². The molecule has 0 N–H and O–H groups in total. The van der Waals surface area contributed by atoms with Crippen LogP contribution in [0, 0.1) is 0 Å². The van der Waals surface area contributed by atoms with Gasteiger partial charge in [0.05, 0.1) is 24.3 Å². The number of unbranched alkanes of at least 4 members (excludes halogenated alkanes) is 3. The van der Waals surface area contributed by atoms with Crippen molar-refractivity contribution in [1.29, 1.82) is 0 Å². The Labute approximate surface area is 205 Å². The molecule has 3 aromatic rings. The minimum Gasteiger partial charge on any atom is -0.494 e. The molecular formula is C29H28O6. The molecule has 35 heavy (non-hydrogen) atoms. The van der Waals surface area contributed by atoms with Crippen LogP contribution < -0.4 is 4.74 Å². The fourth-order valence-electron chi connectivity index (χ4n) is 3.30. The van der Waals surface area contributed by atoms with E-state index in [2.05, 4.69) is 6.58 Å². The molecule has 0 amide bonds. The number of hydrogen-bond donors (Lipinski definition) is 0. The van der Waals surface area contributed by atoms with E-state index < -0.39 is 17.9 Å². The summed E-state index contributed by atoms with van der Waals surface area (Å²) in [7, 11) is 0. The molecule has 0 atom stereocenters. The summed E-state index contributed by atoms with van der Waals surface area (Å²) in [5.74, 6) is -1.19. The third-order valence-electron chi connectivity index (χ3n) is 5.22. The highest BCUT2D eigenvalue weighted by atomic mass is 16.6. The van der Waals surface area contributed by atoms with Crippen molar-refractivity contribution in [3.63, 3.8) is 0 Å². The van der Waals surface area contributed by atoms with E-state index in [9.17, 15) is 14.4 Å². The normalized spacial score (nSPS) is 10.3. The van der Waals surface area contributed by atoms with Crippen LogP contribution >= 0.6 is 0 Å². The van der Waals surface area contributed by atoms with Crippen molar-refractivity contribution in [3.05, 3.63) is 103 Å². The molecule has 180 valence electrons. The summed E-state index contributed by atoms with van der Waals surface area (Å²) in [4.78, 5) is 35.7. The molecule has 0 aromatic heterocycles. The molecule has 0 aliphatic heterocycles. The maximum atomic E-state index is 12.4. The van der Waals surface area contributed by atoms with Crippen molar-refractivity contribution < 1.29 is 28.6 Å². The number of carbonyl (C=O) groups is 3. The van der Waals surface area contributed by atoms with E-state index in [1.807, 2.05) is 42.5 Å². The number of carbonyl (C=O) groups excluding carboxylic acids is 3. The number of esters is 3. The molecule has 0 saturated heterocycles. The Morgan fingerprint density at radius 2 is 1.20 bits per heavy atom. The van der Waals surface area contributed by atoms with E-state index in [4.69, 9.17) is 14.2 Å². The molecule has 0 aliphatic carbocycles. The number of benzene rings is 3. The van der Waals surface area contributed by atoms with Gasteiger partial charge in [-0.05, 0) is 73.2 Å². The van der Waals surface area contributed by atoms with Gasteiger partial charge in [0, 0.05) is 6.08 Å². The SMILES string of the molecule is C=CC(=O)OCCCCCCOc1ccc(C(=O)OC(=O)c2ccc(-c3ccccc3)cc2)cc1. The summed E-state index contributed by atoms with van der Waals surface area (Å²) in [5, 5.41) is 0. The maximum Gasteiger partial charge on any atom is 0.346 e. The average Bonchev–Trinajstić information content (AvgIpc) is 2.90. The highest BCUT2D eigenvalue weighted by molar-refractivity contribution is 6.02. The van der Waals surface area contributed by atoms with Crippen LogP contribution in [0.2, 0.25) is 0 Å². The summed E-state index contributed by atoms with van der Waals surface area (Å²) in [6.45, 7) is 4.28. The van der Waals surface area contributed by atoms with Gasteiger partial charge < -0.3 is 14.2 Å². The number of rotatable bonds is 12. The zero-order valence-corrected chi connectivity index (χ0v) is 19.5. The predicted molar refractivity (Wildman–Crippen MR) is 133 cm³/mol. The van der Waals surface area contributed by atoms with Crippen LogP contribution in [0.25, 0.3) is 11.1 Å². The Kier molecular flexibility index (Phi) is 9.81. The van der Waals surface area contributed by atoms with E-state index in [-0.39, 0.29) is 5.56 Å². The van der Waals surface area contributed by atoms with Crippen molar-refractivity contribution in [2.75, 3.05) is 13.2 Å². The monoisotopic (exact) mass is 472 g/mol. The van der Waals surface area contributed by atoms with Crippen LogP contribution in [0.15, 0.2) is 91.5 Å². The molecule has 0 spiro atoms. The Bertz CT molecular complexity index is 1120. The zero-order valence-electron chi connectivity index (χ0n) is 19.5. The quantitative estimate of drug-likeness (QED) is 0.139. The van der Waals surface area contributed by atoms with Crippen molar-refractivity contribution in [3.8, 4) is 16.9 Å². The molecule has 0 bridgehead atoms. The van der Waals surface area contributed by atoms with Gasteiger partial charge in [0.1, 0.15) is 5.75 Å². The Morgan fingerprint density at radius 1 is 0.657 bits per heavy atom. The summed E-state index contributed by atoms with van der Waals surface area (Å²) < 4.78 is 15.6. The summed E-state index contributed by atoms with van der Waals surface area (Å²) in [6.07, 6.45) is 4.69. The molecule has 3 rings (SSSR count). The molecule has 6 nitrogen and oxygen atoms in total. The smallest absolute Gasteiger partial charge is 0.346 e. The fraction of sp³-hybridized carbons (Fsp3) is 0.207. The zero-order chi connectivity index (χ0) is 24.9. The third-order valence-corrected chi connectivity index (χ3v) is 5.22. The van der Waals surface area contributed by atoms with Crippen LogP contribution in [0.5, 0.6) is 5.75 Å². The van der Waals surface area contributed by atoms with Gasteiger partial charge in [-0.15, -0.1) is 0 Å². The lowest BCUT2D eigenvalue weighted by Crippen LogP contribution is -2.12. The minimum atomic E-state index is -0.717. The van der Waals surface area contributed by atoms with Gasteiger partial charge in [-0.1, -0.05) is 49.0 Å². The third kappa shape index (κ3) is 8.27. The predicted octanol–water partition coefficient (Wildman–Crippen LogP) is 6.02. The van der Waals surface area contributed by atoms with Gasteiger partial charge in [0.2, 0.25) is 0 Å².